The highest BCUT2D eigenvalue weighted by atomic mass is 16.7. The van der Waals surface area contributed by atoms with Crippen LogP contribution in [0.4, 0.5) is 0 Å². The average molecular weight is 431 g/mol. The standard InChI is InChI=1S/C26H42N2O3/c1-4-29-19-24-17-26(3,11-10-22(24)2)25-9-7-8-23(16-25)18-27-20-31-21-30-15-14-28-12-5-6-13-28/h7,9-11,16,23,27H,4-6,8,12-15,17-21H2,1-3H3. The fourth-order valence-corrected chi connectivity index (χ4v) is 4.60. The van der Waals surface area contributed by atoms with Crippen LogP contribution in [0.25, 0.3) is 0 Å². The van der Waals surface area contributed by atoms with Crippen LogP contribution in [0.5, 0.6) is 0 Å². The molecule has 3 aliphatic rings. The molecule has 2 aliphatic carbocycles. The van der Waals surface area contributed by atoms with Gasteiger partial charge in [-0.3, -0.25) is 5.32 Å². The summed E-state index contributed by atoms with van der Waals surface area (Å²) in [4.78, 5) is 2.46. The zero-order valence-electron chi connectivity index (χ0n) is 19.8. The van der Waals surface area contributed by atoms with Crippen LogP contribution in [0, 0.1) is 11.3 Å². The first kappa shape index (κ1) is 24.4. The van der Waals surface area contributed by atoms with Crippen LogP contribution in [-0.2, 0) is 14.2 Å². The van der Waals surface area contributed by atoms with E-state index in [1.54, 1.807) is 0 Å². The zero-order valence-corrected chi connectivity index (χ0v) is 19.8. The lowest BCUT2D eigenvalue weighted by Gasteiger charge is -2.35. The van der Waals surface area contributed by atoms with E-state index in [0.717, 1.165) is 45.8 Å². The number of likely N-dealkylation sites (tertiary alicyclic amines) is 1. The molecule has 174 valence electrons. The molecule has 0 aromatic heterocycles. The predicted octanol–water partition coefficient (Wildman–Crippen LogP) is 4.44. The molecular weight excluding hydrogens is 388 g/mol. The van der Waals surface area contributed by atoms with Crippen molar-refractivity contribution < 1.29 is 14.2 Å². The molecule has 0 radical (unpaired) electrons. The largest absolute Gasteiger partial charge is 0.377 e. The van der Waals surface area contributed by atoms with Gasteiger partial charge in [-0.15, -0.1) is 0 Å². The summed E-state index contributed by atoms with van der Waals surface area (Å²) in [6.07, 6.45) is 16.5. The lowest BCUT2D eigenvalue weighted by Crippen LogP contribution is -2.28. The van der Waals surface area contributed by atoms with Gasteiger partial charge < -0.3 is 19.1 Å². The molecule has 1 saturated heterocycles. The van der Waals surface area contributed by atoms with Crippen LogP contribution < -0.4 is 5.32 Å². The molecule has 0 aromatic carbocycles. The summed E-state index contributed by atoms with van der Waals surface area (Å²) >= 11 is 0. The summed E-state index contributed by atoms with van der Waals surface area (Å²) in [5.74, 6) is 0.493. The van der Waals surface area contributed by atoms with Gasteiger partial charge in [0.05, 0.1) is 19.9 Å². The van der Waals surface area contributed by atoms with E-state index in [4.69, 9.17) is 14.2 Å². The van der Waals surface area contributed by atoms with Gasteiger partial charge in [0.15, 0.2) is 0 Å². The van der Waals surface area contributed by atoms with E-state index < -0.39 is 0 Å². The molecule has 1 aliphatic heterocycles. The topological polar surface area (TPSA) is 43.0 Å². The van der Waals surface area contributed by atoms with E-state index in [1.807, 2.05) is 0 Å². The van der Waals surface area contributed by atoms with Crippen molar-refractivity contribution in [1.82, 2.24) is 10.2 Å². The molecule has 5 heteroatoms. The lowest BCUT2D eigenvalue weighted by atomic mass is 9.70. The average Bonchev–Trinajstić information content (AvgIpc) is 3.30. The Labute approximate surface area is 189 Å². The summed E-state index contributed by atoms with van der Waals surface area (Å²) < 4.78 is 16.9. The number of hydrogen-bond acceptors (Lipinski definition) is 5. The van der Waals surface area contributed by atoms with E-state index >= 15 is 0 Å². The van der Waals surface area contributed by atoms with Crippen molar-refractivity contribution in [3.8, 4) is 0 Å². The molecule has 0 spiro atoms. The van der Waals surface area contributed by atoms with Crippen molar-refractivity contribution in [2.75, 3.05) is 59.5 Å². The molecule has 3 rings (SSSR count). The number of allylic oxidation sites excluding steroid dienone is 6. The third-order valence-electron chi connectivity index (χ3n) is 6.66. The van der Waals surface area contributed by atoms with Gasteiger partial charge in [0.2, 0.25) is 0 Å². The number of hydrogen-bond donors (Lipinski definition) is 1. The van der Waals surface area contributed by atoms with Crippen LogP contribution in [-0.4, -0.2) is 64.4 Å². The summed E-state index contributed by atoms with van der Waals surface area (Å²) in [5.41, 5.74) is 4.22. The maximum atomic E-state index is 5.71. The van der Waals surface area contributed by atoms with Crippen LogP contribution in [0.2, 0.25) is 0 Å². The SMILES string of the molecule is CCOCC1=C(C)C=CC(C)(C2=CC(CNCOCOCCN3CCCC3)CC=C2)C1. The Morgan fingerprint density at radius 2 is 2.00 bits per heavy atom. The summed E-state index contributed by atoms with van der Waals surface area (Å²) in [5, 5.41) is 3.43. The predicted molar refractivity (Wildman–Crippen MR) is 127 cm³/mol. The highest BCUT2D eigenvalue weighted by Crippen LogP contribution is 2.42. The van der Waals surface area contributed by atoms with Crippen molar-refractivity contribution in [2.45, 2.75) is 46.5 Å². The molecule has 2 unspecified atom stereocenters. The van der Waals surface area contributed by atoms with Crippen LogP contribution in [0.1, 0.15) is 46.5 Å². The third-order valence-corrected chi connectivity index (χ3v) is 6.66. The molecule has 0 aromatic rings. The Bertz CT molecular complexity index is 676. The second kappa shape index (κ2) is 12.7. The highest BCUT2D eigenvalue weighted by molar-refractivity contribution is 5.42. The van der Waals surface area contributed by atoms with Crippen LogP contribution in [0.3, 0.4) is 0 Å². The monoisotopic (exact) mass is 430 g/mol. The van der Waals surface area contributed by atoms with E-state index in [-0.39, 0.29) is 5.41 Å². The Morgan fingerprint density at radius 1 is 1.16 bits per heavy atom. The van der Waals surface area contributed by atoms with Gasteiger partial charge in [-0.05, 0) is 75.3 Å². The van der Waals surface area contributed by atoms with Crippen molar-refractivity contribution in [2.24, 2.45) is 11.3 Å². The third kappa shape index (κ3) is 7.69. The fraction of sp³-hybridized carbons (Fsp3) is 0.692. The van der Waals surface area contributed by atoms with Gasteiger partial charge in [0, 0.05) is 25.1 Å². The minimum Gasteiger partial charge on any atom is -0.377 e. The van der Waals surface area contributed by atoms with Gasteiger partial charge in [-0.25, -0.2) is 0 Å². The summed E-state index contributed by atoms with van der Waals surface area (Å²) in [6.45, 7) is 14.1. The van der Waals surface area contributed by atoms with Gasteiger partial charge in [0.25, 0.3) is 0 Å². The van der Waals surface area contributed by atoms with Crippen molar-refractivity contribution in [3.63, 3.8) is 0 Å². The van der Waals surface area contributed by atoms with E-state index in [2.05, 4.69) is 61.4 Å². The van der Waals surface area contributed by atoms with Crippen molar-refractivity contribution in [3.05, 3.63) is 47.1 Å². The Hall–Kier alpha value is -1.24. The number of nitrogens with one attached hydrogen (secondary N) is 1. The Morgan fingerprint density at radius 3 is 2.81 bits per heavy atom. The fourth-order valence-electron chi connectivity index (χ4n) is 4.60. The number of ether oxygens (including phenoxy) is 3. The minimum absolute atomic E-state index is 0.0425. The molecule has 5 nitrogen and oxygen atoms in total. The summed E-state index contributed by atoms with van der Waals surface area (Å²) in [7, 11) is 0. The second-order valence-corrected chi connectivity index (χ2v) is 9.25. The normalized spacial score (nSPS) is 26.7. The molecule has 0 amide bonds. The van der Waals surface area contributed by atoms with Gasteiger partial charge in [-0.1, -0.05) is 37.3 Å². The van der Waals surface area contributed by atoms with E-state index in [1.165, 1.54) is 42.7 Å². The maximum absolute atomic E-state index is 5.71. The van der Waals surface area contributed by atoms with Gasteiger partial charge in [0.1, 0.15) is 6.79 Å². The highest BCUT2D eigenvalue weighted by Gasteiger charge is 2.30. The van der Waals surface area contributed by atoms with E-state index in [9.17, 15) is 0 Å². The molecular formula is C26H42N2O3. The summed E-state index contributed by atoms with van der Waals surface area (Å²) in [6, 6.07) is 0. The first-order chi connectivity index (χ1) is 15.1. The van der Waals surface area contributed by atoms with Crippen molar-refractivity contribution >= 4 is 0 Å². The zero-order chi connectivity index (χ0) is 21.9. The quantitative estimate of drug-likeness (QED) is 0.346. The number of nitrogens with zero attached hydrogens (tertiary/aromatic N) is 1. The number of rotatable bonds is 13. The van der Waals surface area contributed by atoms with Crippen molar-refractivity contribution in [1.29, 1.82) is 0 Å². The van der Waals surface area contributed by atoms with Gasteiger partial charge >= 0.3 is 0 Å². The Balaban J connectivity index is 1.36. The molecule has 2 atom stereocenters. The Kier molecular flexibility index (Phi) is 10.0. The molecule has 31 heavy (non-hydrogen) atoms. The maximum Gasteiger partial charge on any atom is 0.148 e. The molecule has 0 saturated carbocycles. The van der Waals surface area contributed by atoms with Crippen LogP contribution in [0.15, 0.2) is 47.1 Å². The molecule has 1 N–H and O–H groups in total. The first-order valence-electron chi connectivity index (χ1n) is 12.0. The minimum atomic E-state index is 0.0425. The molecule has 0 bridgehead atoms. The smallest absolute Gasteiger partial charge is 0.148 e. The first-order valence-corrected chi connectivity index (χ1v) is 12.0. The van der Waals surface area contributed by atoms with Gasteiger partial charge in [-0.2, -0.15) is 0 Å². The molecule has 1 fully saturated rings. The van der Waals surface area contributed by atoms with E-state index in [0.29, 0.717) is 19.4 Å². The van der Waals surface area contributed by atoms with Crippen LogP contribution >= 0.6 is 0 Å². The lowest BCUT2D eigenvalue weighted by molar-refractivity contribution is -0.0632. The molecule has 1 heterocycles. The second-order valence-electron chi connectivity index (χ2n) is 9.25.